The minimum absolute atomic E-state index is 0.0533. The van der Waals surface area contributed by atoms with E-state index in [2.05, 4.69) is 24.4 Å². The summed E-state index contributed by atoms with van der Waals surface area (Å²) in [6, 6.07) is 12.4. The third-order valence-corrected chi connectivity index (χ3v) is 4.91. The molecule has 130 valence electrons. The fraction of sp³-hybridized carbons (Fsp3) is 0.350. The molecule has 1 aliphatic rings. The van der Waals surface area contributed by atoms with E-state index in [0.717, 1.165) is 42.7 Å². The highest BCUT2D eigenvalue weighted by Gasteiger charge is 2.25. The van der Waals surface area contributed by atoms with Crippen molar-refractivity contribution in [2.75, 3.05) is 13.1 Å². The molecule has 1 N–H and O–H groups in total. The molecule has 0 saturated carbocycles. The number of hydrogen-bond donors (Lipinski definition) is 1. The number of carbonyl (C=O) groups excluding carboxylic acids is 1. The highest BCUT2D eigenvalue weighted by atomic mass is 16.3. The maximum atomic E-state index is 12.3. The summed E-state index contributed by atoms with van der Waals surface area (Å²) >= 11 is 0. The first kappa shape index (κ1) is 16.0. The molecule has 1 aromatic carbocycles. The van der Waals surface area contributed by atoms with E-state index in [0.29, 0.717) is 11.6 Å². The number of amides is 1. The maximum Gasteiger partial charge on any atom is 0.257 e. The lowest BCUT2D eigenvalue weighted by atomic mass is 10.0. The van der Waals surface area contributed by atoms with E-state index in [4.69, 9.17) is 8.83 Å². The summed E-state index contributed by atoms with van der Waals surface area (Å²) in [5.74, 6) is 1.01. The summed E-state index contributed by atoms with van der Waals surface area (Å²) in [5, 5.41) is 4.77. The van der Waals surface area contributed by atoms with E-state index < -0.39 is 0 Å². The van der Waals surface area contributed by atoms with Gasteiger partial charge < -0.3 is 19.1 Å². The zero-order chi connectivity index (χ0) is 17.2. The second-order valence-corrected chi connectivity index (χ2v) is 6.65. The van der Waals surface area contributed by atoms with Crippen LogP contribution in [0.25, 0.3) is 11.0 Å². The number of rotatable bonds is 4. The van der Waals surface area contributed by atoms with Gasteiger partial charge in [-0.1, -0.05) is 18.2 Å². The molecule has 1 saturated heterocycles. The van der Waals surface area contributed by atoms with E-state index in [9.17, 15) is 4.79 Å². The predicted molar refractivity (Wildman–Crippen MR) is 95.4 cm³/mol. The van der Waals surface area contributed by atoms with Crippen molar-refractivity contribution in [2.45, 2.75) is 31.8 Å². The average molecular weight is 338 g/mol. The summed E-state index contributed by atoms with van der Waals surface area (Å²) in [7, 11) is 0. The molecule has 5 nitrogen and oxygen atoms in total. The van der Waals surface area contributed by atoms with Crippen LogP contribution < -0.4 is 5.32 Å². The number of piperidine rings is 1. The van der Waals surface area contributed by atoms with Crippen LogP contribution in [0.1, 0.15) is 41.9 Å². The number of para-hydroxylation sites is 1. The number of nitrogens with zero attached hydrogens (tertiary/aromatic N) is 1. The molecule has 0 unspecified atom stereocenters. The Morgan fingerprint density at radius 3 is 2.76 bits per heavy atom. The zero-order valence-electron chi connectivity index (χ0n) is 14.3. The monoisotopic (exact) mass is 338 g/mol. The second-order valence-electron chi connectivity index (χ2n) is 6.65. The molecular formula is C20H22N2O3. The highest BCUT2D eigenvalue weighted by Crippen LogP contribution is 2.25. The lowest BCUT2D eigenvalue weighted by Crippen LogP contribution is -2.45. The quantitative estimate of drug-likeness (QED) is 0.782. The number of fused-ring (bicyclic) bond motifs is 1. The molecule has 1 amide bonds. The number of carbonyl (C=O) groups is 1. The van der Waals surface area contributed by atoms with Gasteiger partial charge in [-0.2, -0.15) is 0 Å². The van der Waals surface area contributed by atoms with Gasteiger partial charge in [0.1, 0.15) is 17.6 Å². The molecule has 1 atom stereocenters. The Morgan fingerprint density at radius 1 is 1.24 bits per heavy atom. The topological polar surface area (TPSA) is 58.6 Å². The van der Waals surface area contributed by atoms with E-state index in [1.54, 1.807) is 6.07 Å². The summed E-state index contributed by atoms with van der Waals surface area (Å²) in [4.78, 5) is 14.2. The minimum atomic E-state index is 0.0533. The first-order valence-electron chi connectivity index (χ1n) is 8.77. The first-order chi connectivity index (χ1) is 12.2. The first-order valence-corrected chi connectivity index (χ1v) is 8.77. The summed E-state index contributed by atoms with van der Waals surface area (Å²) in [6.45, 7) is 3.64. The molecule has 4 rings (SSSR count). The lowest BCUT2D eigenvalue weighted by molar-refractivity contribution is 0.0700. The van der Waals surface area contributed by atoms with Crippen molar-refractivity contribution in [3.63, 3.8) is 0 Å². The Morgan fingerprint density at radius 2 is 2.04 bits per heavy atom. The molecule has 3 aromatic rings. The van der Waals surface area contributed by atoms with Crippen LogP contribution in [0.4, 0.5) is 0 Å². The molecule has 1 fully saturated rings. The molecule has 0 spiro atoms. The molecule has 0 aliphatic carbocycles. The van der Waals surface area contributed by atoms with Crippen LogP contribution in [-0.2, 0) is 0 Å². The smallest absolute Gasteiger partial charge is 0.257 e. The molecule has 25 heavy (non-hydrogen) atoms. The second kappa shape index (κ2) is 6.76. The average Bonchev–Trinajstić information content (AvgIpc) is 3.31. The SMILES string of the molecule is C[C@@H](NC1CCN(C(=O)c2ccoc2)CC1)c1cc2ccccc2o1. The summed E-state index contributed by atoms with van der Waals surface area (Å²) in [5.41, 5.74) is 1.55. The predicted octanol–water partition coefficient (Wildman–Crippen LogP) is 3.98. The van der Waals surface area contributed by atoms with Crippen LogP contribution in [0.2, 0.25) is 0 Å². The van der Waals surface area contributed by atoms with Crippen molar-refractivity contribution in [1.29, 1.82) is 0 Å². The molecule has 0 bridgehead atoms. The van der Waals surface area contributed by atoms with Gasteiger partial charge in [-0.05, 0) is 38.0 Å². The van der Waals surface area contributed by atoms with Gasteiger partial charge in [-0.25, -0.2) is 0 Å². The number of likely N-dealkylation sites (tertiary alicyclic amines) is 1. The van der Waals surface area contributed by atoms with E-state index in [1.807, 2.05) is 23.1 Å². The fourth-order valence-corrected chi connectivity index (χ4v) is 3.47. The number of nitrogens with one attached hydrogen (secondary N) is 1. The third kappa shape index (κ3) is 3.33. The van der Waals surface area contributed by atoms with Crippen LogP contribution >= 0.6 is 0 Å². The van der Waals surface area contributed by atoms with Gasteiger partial charge in [0, 0.05) is 24.5 Å². The van der Waals surface area contributed by atoms with Crippen molar-refractivity contribution in [3.8, 4) is 0 Å². The molecule has 3 heterocycles. The lowest BCUT2D eigenvalue weighted by Gasteiger charge is -2.33. The summed E-state index contributed by atoms with van der Waals surface area (Å²) < 4.78 is 10.9. The molecule has 1 aliphatic heterocycles. The van der Waals surface area contributed by atoms with Crippen LogP contribution in [-0.4, -0.2) is 29.9 Å². The normalized spacial score (nSPS) is 17.1. The van der Waals surface area contributed by atoms with Crippen LogP contribution in [0.15, 0.2) is 57.8 Å². The van der Waals surface area contributed by atoms with Crippen LogP contribution in [0.3, 0.4) is 0 Å². The largest absolute Gasteiger partial charge is 0.472 e. The van der Waals surface area contributed by atoms with Gasteiger partial charge in [0.05, 0.1) is 17.9 Å². The molecule has 0 radical (unpaired) electrons. The standard InChI is InChI=1S/C20H22N2O3/c1-14(19-12-15-4-2-3-5-18(15)25-19)21-17-6-9-22(10-7-17)20(23)16-8-11-24-13-16/h2-5,8,11-14,17,21H,6-7,9-10H2,1H3/t14-/m1/s1. The van der Waals surface area contributed by atoms with Crippen molar-refractivity contribution in [2.24, 2.45) is 0 Å². The van der Waals surface area contributed by atoms with Gasteiger partial charge in [0.25, 0.3) is 5.91 Å². The highest BCUT2D eigenvalue weighted by molar-refractivity contribution is 5.93. The molecule has 5 heteroatoms. The van der Waals surface area contributed by atoms with Gasteiger partial charge in [-0.15, -0.1) is 0 Å². The van der Waals surface area contributed by atoms with Crippen molar-refractivity contribution in [3.05, 3.63) is 60.2 Å². The van der Waals surface area contributed by atoms with Crippen LogP contribution in [0, 0.1) is 0 Å². The molecular weight excluding hydrogens is 316 g/mol. The Kier molecular flexibility index (Phi) is 4.32. The minimum Gasteiger partial charge on any atom is -0.472 e. The van der Waals surface area contributed by atoms with Gasteiger partial charge in [0.15, 0.2) is 0 Å². The van der Waals surface area contributed by atoms with Crippen molar-refractivity contribution in [1.82, 2.24) is 10.2 Å². The Balaban J connectivity index is 1.34. The van der Waals surface area contributed by atoms with E-state index >= 15 is 0 Å². The zero-order valence-corrected chi connectivity index (χ0v) is 14.3. The van der Waals surface area contributed by atoms with E-state index in [1.165, 1.54) is 12.5 Å². The summed E-state index contributed by atoms with van der Waals surface area (Å²) in [6.07, 6.45) is 4.93. The maximum absolute atomic E-state index is 12.3. The molecule has 2 aromatic heterocycles. The number of benzene rings is 1. The van der Waals surface area contributed by atoms with Crippen molar-refractivity contribution < 1.29 is 13.6 Å². The van der Waals surface area contributed by atoms with Crippen molar-refractivity contribution >= 4 is 16.9 Å². The Labute approximate surface area is 146 Å². The van der Waals surface area contributed by atoms with Crippen LogP contribution in [0.5, 0.6) is 0 Å². The van der Waals surface area contributed by atoms with Gasteiger partial charge >= 0.3 is 0 Å². The van der Waals surface area contributed by atoms with Gasteiger partial charge in [-0.3, -0.25) is 4.79 Å². The third-order valence-electron chi connectivity index (χ3n) is 4.91. The fourth-order valence-electron chi connectivity index (χ4n) is 3.47. The van der Waals surface area contributed by atoms with E-state index in [-0.39, 0.29) is 11.9 Å². The Hall–Kier alpha value is -2.53. The van der Waals surface area contributed by atoms with Gasteiger partial charge in [0.2, 0.25) is 0 Å². The Bertz CT molecular complexity index is 812. The number of furan rings is 2. The number of hydrogen-bond acceptors (Lipinski definition) is 4.